The molecule has 1 rings (SSSR count). The molecule has 120 valence electrons. The van der Waals surface area contributed by atoms with Gasteiger partial charge < -0.3 is 15.2 Å². The maximum absolute atomic E-state index is 11.7. The number of benzene rings is 1. The van der Waals surface area contributed by atoms with Gasteiger partial charge in [-0.3, -0.25) is 4.79 Å². The molecule has 0 heterocycles. The van der Waals surface area contributed by atoms with Crippen LogP contribution in [0.5, 0.6) is 0 Å². The average Bonchev–Trinajstić information content (AvgIpc) is 2.36. The fraction of sp³-hybridized carbons (Fsp3) is 0.438. The number of carboxylic acid groups (broad SMARTS) is 1. The SMILES string of the molecule is CC(=O)c1ccc(C[C@@H](NC(=O)OC(C)(C)C)C(=O)O)cc1. The van der Waals surface area contributed by atoms with E-state index in [1.165, 1.54) is 6.92 Å². The molecule has 0 aliphatic carbocycles. The Morgan fingerprint density at radius 1 is 1.18 bits per heavy atom. The number of rotatable bonds is 5. The molecule has 0 bridgehead atoms. The summed E-state index contributed by atoms with van der Waals surface area (Å²) in [5, 5.41) is 11.5. The van der Waals surface area contributed by atoms with Crippen LogP contribution in [0.4, 0.5) is 4.79 Å². The lowest BCUT2D eigenvalue weighted by molar-refractivity contribution is -0.139. The number of carboxylic acids is 1. The summed E-state index contributed by atoms with van der Waals surface area (Å²) in [7, 11) is 0. The number of amides is 1. The van der Waals surface area contributed by atoms with Gasteiger partial charge in [-0.05, 0) is 33.3 Å². The second kappa shape index (κ2) is 7.06. The monoisotopic (exact) mass is 307 g/mol. The van der Waals surface area contributed by atoms with Crippen molar-refractivity contribution in [1.82, 2.24) is 5.32 Å². The molecule has 6 nitrogen and oxygen atoms in total. The average molecular weight is 307 g/mol. The van der Waals surface area contributed by atoms with E-state index in [1.807, 2.05) is 0 Å². The summed E-state index contributed by atoms with van der Waals surface area (Å²) in [5.41, 5.74) is 0.556. The number of aliphatic carboxylic acids is 1. The van der Waals surface area contributed by atoms with Gasteiger partial charge in [-0.2, -0.15) is 0 Å². The van der Waals surface area contributed by atoms with Crippen LogP contribution in [0, 0.1) is 0 Å². The van der Waals surface area contributed by atoms with E-state index in [2.05, 4.69) is 5.32 Å². The van der Waals surface area contributed by atoms with Crippen LogP contribution in [0.15, 0.2) is 24.3 Å². The number of ether oxygens (including phenoxy) is 1. The molecule has 6 heteroatoms. The Morgan fingerprint density at radius 3 is 2.14 bits per heavy atom. The van der Waals surface area contributed by atoms with E-state index in [1.54, 1.807) is 45.0 Å². The van der Waals surface area contributed by atoms with E-state index in [9.17, 15) is 19.5 Å². The van der Waals surface area contributed by atoms with Crippen molar-refractivity contribution in [1.29, 1.82) is 0 Å². The first-order chi connectivity index (χ1) is 10.1. The van der Waals surface area contributed by atoms with Gasteiger partial charge >= 0.3 is 12.1 Å². The van der Waals surface area contributed by atoms with Crippen molar-refractivity contribution in [2.24, 2.45) is 0 Å². The summed E-state index contributed by atoms with van der Waals surface area (Å²) >= 11 is 0. The molecule has 0 aliphatic heterocycles. The predicted octanol–water partition coefficient (Wildman–Crippen LogP) is 2.41. The maximum Gasteiger partial charge on any atom is 0.408 e. The zero-order valence-corrected chi connectivity index (χ0v) is 13.2. The first kappa shape index (κ1) is 17.7. The Kier molecular flexibility index (Phi) is 5.68. The van der Waals surface area contributed by atoms with E-state index in [0.29, 0.717) is 11.1 Å². The topological polar surface area (TPSA) is 92.7 Å². The van der Waals surface area contributed by atoms with Crippen molar-refractivity contribution in [2.45, 2.75) is 45.8 Å². The fourth-order valence-electron chi connectivity index (χ4n) is 1.76. The van der Waals surface area contributed by atoms with Crippen molar-refractivity contribution in [2.75, 3.05) is 0 Å². The van der Waals surface area contributed by atoms with Crippen molar-refractivity contribution in [3.63, 3.8) is 0 Å². The van der Waals surface area contributed by atoms with E-state index >= 15 is 0 Å². The molecule has 2 N–H and O–H groups in total. The third-order valence-electron chi connectivity index (χ3n) is 2.79. The molecule has 0 saturated carbocycles. The summed E-state index contributed by atoms with van der Waals surface area (Å²) < 4.78 is 5.05. The molecule has 0 aliphatic rings. The van der Waals surface area contributed by atoms with Crippen LogP contribution in [0.25, 0.3) is 0 Å². The van der Waals surface area contributed by atoms with Gasteiger partial charge in [0.15, 0.2) is 5.78 Å². The molecular weight excluding hydrogens is 286 g/mol. The highest BCUT2D eigenvalue weighted by Crippen LogP contribution is 2.10. The van der Waals surface area contributed by atoms with Gasteiger partial charge in [0.2, 0.25) is 0 Å². The molecule has 0 radical (unpaired) electrons. The highest BCUT2D eigenvalue weighted by molar-refractivity contribution is 5.94. The molecule has 1 amide bonds. The lowest BCUT2D eigenvalue weighted by Gasteiger charge is -2.22. The molecule has 22 heavy (non-hydrogen) atoms. The minimum absolute atomic E-state index is 0.0618. The Balaban J connectivity index is 2.74. The summed E-state index contributed by atoms with van der Waals surface area (Å²) in [6, 6.07) is 5.50. The van der Waals surface area contributed by atoms with Crippen LogP contribution >= 0.6 is 0 Å². The van der Waals surface area contributed by atoms with Crippen LogP contribution in [0.2, 0.25) is 0 Å². The highest BCUT2D eigenvalue weighted by atomic mass is 16.6. The minimum Gasteiger partial charge on any atom is -0.480 e. The van der Waals surface area contributed by atoms with Gasteiger partial charge in [0.25, 0.3) is 0 Å². The first-order valence-electron chi connectivity index (χ1n) is 6.90. The largest absolute Gasteiger partial charge is 0.480 e. The molecule has 0 fully saturated rings. The van der Waals surface area contributed by atoms with Crippen molar-refractivity contribution >= 4 is 17.8 Å². The van der Waals surface area contributed by atoms with Crippen LogP contribution in [0.1, 0.15) is 43.6 Å². The van der Waals surface area contributed by atoms with E-state index in [4.69, 9.17) is 4.74 Å². The Hall–Kier alpha value is -2.37. The van der Waals surface area contributed by atoms with Crippen LogP contribution in [-0.4, -0.2) is 34.6 Å². The molecule has 0 unspecified atom stereocenters. The van der Waals surface area contributed by atoms with Crippen LogP contribution < -0.4 is 5.32 Å². The number of hydrogen-bond acceptors (Lipinski definition) is 4. The van der Waals surface area contributed by atoms with Gasteiger partial charge in [-0.25, -0.2) is 9.59 Å². The number of nitrogens with one attached hydrogen (secondary N) is 1. The van der Waals surface area contributed by atoms with Gasteiger partial charge in [-0.15, -0.1) is 0 Å². The van der Waals surface area contributed by atoms with Gasteiger partial charge in [0.1, 0.15) is 11.6 Å². The highest BCUT2D eigenvalue weighted by Gasteiger charge is 2.24. The predicted molar refractivity (Wildman–Crippen MR) is 80.9 cm³/mol. The van der Waals surface area contributed by atoms with Crippen molar-refractivity contribution in [3.05, 3.63) is 35.4 Å². The lowest BCUT2D eigenvalue weighted by atomic mass is 10.0. The number of Topliss-reactive ketones (excluding diaryl/α,β-unsaturated/α-hetero) is 1. The molecule has 1 atom stereocenters. The quantitative estimate of drug-likeness (QED) is 0.815. The molecule has 0 spiro atoms. The molecule has 1 aromatic rings. The third-order valence-corrected chi connectivity index (χ3v) is 2.79. The molecule has 0 aromatic heterocycles. The maximum atomic E-state index is 11.7. The van der Waals surface area contributed by atoms with Crippen molar-refractivity contribution < 1.29 is 24.2 Å². The summed E-state index contributed by atoms with van der Waals surface area (Å²) in [5.74, 6) is -1.21. The van der Waals surface area contributed by atoms with Gasteiger partial charge in [0.05, 0.1) is 0 Å². The fourth-order valence-corrected chi connectivity index (χ4v) is 1.76. The zero-order valence-electron chi connectivity index (χ0n) is 13.2. The number of carbonyl (C=O) groups is 3. The Bertz CT molecular complexity index is 557. The smallest absolute Gasteiger partial charge is 0.408 e. The van der Waals surface area contributed by atoms with E-state index < -0.39 is 23.7 Å². The van der Waals surface area contributed by atoms with Crippen LogP contribution in [0.3, 0.4) is 0 Å². The minimum atomic E-state index is -1.15. The zero-order chi connectivity index (χ0) is 16.9. The molecule has 0 saturated heterocycles. The van der Waals surface area contributed by atoms with E-state index in [0.717, 1.165) is 0 Å². The normalized spacial score (nSPS) is 12.4. The molecule has 1 aromatic carbocycles. The van der Waals surface area contributed by atoms with E-state index in [-0.39, 0.29) is 12.2 Å². The third kappa shape index (κ3) is 5.95. The lowest BCUT2D eigenvalue weighted by Crippen LogP contribution is -2.44. The number of hydrogen-bond donors (Lipinski definition) is 2. The van der Waals surface area contributed by atoms with Crippen LogP contribution in [-0.2, 0) is 16.0 Å². The number of alkyl carbamates (subject to hydrolysis) is 1. The Morgan fingerprint density at radius 2 is 1.73 bits per heavy atom. The summed E-state index contributed by atoms with van der Waals surface area (Å²) in [4.78, 5) is 34.1. The number of carbonyl (C=O) groups excluding carboxylic acids is 2. The Labute approximate surface area is 129 Å². The summed E-state index contributed by atoms with van der Waals surface area (Å²) in [6.45, 7) is 6.55. The standard InChI is InChI=1S/C16H21NO5/c1-10(18)12-7-5-11(6-8-12)9-13(14(19)20)17-15(21)22-16(2,3)4/h5-8,13H,9H2,1-4H3,(H,17,21)(H,19,20)/t13-/m1/s1. The first-order valence-corrected chi connectivity index (χ1v) is 6.90. The second-order valence-electron chi connectivity index (χ2n) is 5.99. The van der Waals surface area contributed by atoms with Crippen molar-refractivity contribution in [3.8, 4) is 0 Å². The summed E-state index contributed by atoms with van der Waals surface area (Å²) in [6.07, 6.45) is -0.674. The number of ketones is 1. The second-order valence-corrected chi connectivity index (χ2v) is 5.99. The van der Waals surface area contributed by atoms with Gasteiger partial charge in [-0.1, -0.05) is 24.3 Å². The van der Waals surface area contributed by atoms with Gasteiger partial charge in [0, 0.05) is 12.0 Å². The molecular formula is C16H21NO5.